The molecule has 0 aromatic heterocycles. The summed E-state index contributed by atoms with van der Waals surface area (Å²) >= 11 is -5.82. The predicted molar refractivity (Wildman–Crippen MR) is 57.2 cm³/mol. The van der Waals surface area contributed by atoms with Crippen molar-refractivity contribution in [3.05, 3.63) is 0 Å². The molecule has 0 aliphatic heterocycles. The molecule has 120 valence electrons. The Hall–Kier alpha value is -1.36. The van der Waals surface area contributed by atoms with Crippen molar-refractivity contribution in [2.75, 3.05) is 0 Å². The Morgan fingerprint density at radius 3 is 0.857 bits per heavy atom. The van der Waals surface area contributed by atoms with Gasteiger partial charge in [-0.3, -0.25) is 0 Å². The zero-order chi connectivity index (χ0) is 16.5. The van der Waals surface area contributed by atoms with Crippen molar-refractivity contribution in [2.45, 2.75) is 27.7 Å². The van der Waals surface area contributed by atoms with Gasteiger partial charge in [0.2, 0.25) is 0 Å². The van der Waals surface area contributed by atoms with Crippen LogP contribution in [0.3, 0.4) is 0 Å². The van der Waals surface area contributed by atoms with E-state index in [0.717, 1.165) is 27.7 Å². The van der Waals surface area contributed by atoms with Crippen molar-refractivity contribution in [2.24, 2.45) is 0 Å². The standard InChI is InChI=1S/4C2H4O3.Pb/c4*1-2(3)5-4;/h4*4H,1H3;/q;;;;+4/p-4. The third-order valence-electron chi connectivity index (χ3n) is 1.04. The van der Waals surface area contributed by atoms with E-state index in [2.05, 4.69) is 30.9 Å². The summed E-state index contributed by atoms with van der Waals surface area (Å²) in [6.07, 6.45) is 0. The Kier molecular flexibility index (Phi) is 8.94. The van der Waals surface area contributed by atoms with Crippen molar-refractivity contribution < 1.29 is 50.1 Å². The fraction of sp³-hybridized carbons (Fsp3) is 0.500. The Balaban J connectivity index is 5.02. The first-order valence-electron chi connectivity index (χ1n) is 5.12. The second-order valence-electron chi connectivity index (χ2n) is 3.13. The molecule has 0 amide bonds. The van der Waals surface area contributed by atoms with Gasteiger partial charge in [-0.05, 0) is 0 Å². The Morgan fingerprint density at radius 1 is 0.524 bits per heavy atom. The summed E-state index contributed by atoms with van der Waals surface area (Å²) in [6.45, 7) is 3.79. The molecular weight excluding hydrogens is 495 g/mol. The van der Waals surface area contributed by atoms with E-state index in [1.54, 1.807) is 0 Å². The summed E-state index contributed by atoms with van der Waals surface area (Å²) in [7, 11) is 0. The average molecular weight is 507 g/mol. The van der Waals surface area contributed by atoms with Crippen molar-refractivity contribution in [1.29, 1.82) is 0 Å². The normalized spacial score (nSPS) is 10.5. The third-order valence-corrected chi connectivity index (χ3v) is 5.51. The Labute approximate surface area is 125 Å². The molecule has 0 aromatic carbocycles. The molecule has 0 saturated heterocycles. The van der Waals surface area contributed by atoms with E-state index in [1.807, 2.05) is 0 Å². The molecule has 0 fully saturated rings. The predicted octanol–water partition coefficient (Wildman–Crippen LogP) is -0.599. The quantitative estimate of drug-likeness (QED) is 0.235. The van der Waals surface area contributed by atoms with Crippen molar-refractivity contribution >= 4 is 46.9 Å². The molecular formula is C8H12O12Pb. The number of carbonyl (C=O) groups excluding carboxylic acids is 4. The van der Waals surface area contributed by atoms with Crippen LogP contribution in [-0.4, -0.2) is 46.9 Å². The van der Waals surface area contributed by atoms with Gasteiger partial charge in [-0.2, -0.15) is 0 Å². The molecule has 0 aliphatic rings. The van der Waals surface area contributed by atoms with Crippen LogP contribution in [0, 0.1) is 0 Å². The zero-order valence-electron chi connectivity index (χ0n) is 11.4. The topological polar surface area (TPSA) is 142 Å². The monoisotopic (exact) mass is 508 g/mol. The molecule has 0 heterocycles. The summed E-state index contributed by atoms with van der Waals surface area (Å²) in [5.41, 5.74) is 0. The maximum atomic E-state index is 10.7. The average Bonchev–Trinajstić information content (AvgIpc) is 2.36. The summed E-state index contributed by atoms with van der Waals surface area (Å²) in [4.78, 5) is 59.3. The van der Waals surface area contributed by atoms with Crippen LogP contribution in [0.5, 0.6) is 0 Å². The first-order chi connectivity index (χ1) is 9.67. The molecule has 0 unspecified atom stereocenters. The van der Waals surface area contributed by atoms with Gasteiger partial charge < -0.3 is 0 Å². The van der Waals surface area contributed by atoms with E-state index in [0.29, 0.717) is 0 Å². The van der Waals surface area contributed by atoms with Crippen LogP contribution in [0.2, 0.25) is 0 Å². The van der Waals surface area contributed by atoms with E-state index in [4.69, 9.17) is 0 Å². The molecule has 0 rings (SSSR count). The van der Waals surface area contributed by atoms with Crippen LogP contribution in [0.25, 0.3) is 0 Å². The number of rotatable bonds is 8. The summed E-state index contributed by atoms with van der Waals surface area (Å²) in [6, 6.07) is 0. The van der Waals surface area contributed by atoms with E-state index in [1.165, 1.54) is 0 Å². The van der Waals surface area contributed by atoms with Crippen LogP contribution in [0.4, 0.5) is 0 Å². The molecule has 0 aromatic rings. The van der Waals surface area contributed by atoms with Gasteiger partial charge in [-0.15, -0.1) is 0 Å². The molecule has 0 N–H and O–H groups in total. The molecule has 0 aliphatic carbocycles. The Bertz CT molecular complexity index is 329. The second-order valence-corrected chi connectivity index (χ2v) is 9.61. The van der Waals surface area contributed by atoms with Gasteiger partial charge in [0.25, 0.3) is 0 Å². The van der Waals surface area contributed by atoms with E-state index >= 15 is 0 Å². The van der Waals surface area contributed by atoms with Crippen molar-refractivity contribution in [1.82, 2.24) is 0 Å². The first kappa shape index (κ1) is 19.6. The van der Waals surface area contributed by atoms with Gasteiger partial charge in [0.05, 0.1) is 0 Å². The van der Waals surface area contributed by atoms with Crippen LogP contribution >= 0.6 is 0 Å². The summed E-state index contributed by atoms with van der Waals surface area (Å²) < 4.78 is 17.7. The van der Waals surface area contributed by atoms with Crippen LogP contribution in [0.1, 0.15) is 27.7 Å². The number of hydrogen-bond acceptors (Lipinski definition) is 12. The van der Waals surface area contributed by atoms with Crippen LogP contribution in [0.15, 0.2) is 0 Å². The minimum absolute atomic E-state index is 0.947. The molecule has 21 heavy (non-hydrogen) atoms. The van der Waals surface area contributed by atoms with Gasteiger partial charge in [0, 0.05) is 0 Å². The molecule has 12 nitrogen and oxygen atoms in total. The van der Waals surface area contributed by atoms with E-state index in [-0.39, 0.29) is 0 Å². The maximum absolute atomic E-state index is 10.7. The summed E-state index contributed by atoms with van der Waals surface area (Å²) in [5, 5.41) is 0. The van der Waals surface area contributed by atoms with Gasteiger partial charge in [-0.25, -0.2) is 0 Å². The first-order valence-corrected chi connectivity index (χ1v) is 11.5. The molecule has 0 saturated carbocycles. The Morgan fingerprint density at radius 2 is 0.714 bits per heavy atom. The van der Waals surface area contributed by atoms with Crippen molar-refractivity contribution in [3.8, 4) is 0 Å². The van der Waals surface area contributed by atoms with Crippen LogP contribution in [-0.2, 0) is 50.1 Å². The second kappa shape index (κ2) is 9.56. The molecule has 0 spiro atoms. The summed E-state index contributed by atoms with van der Waals surface area (Å²) in [5.74, 6) is -3.88. The fourth-order valence-corrected chi connectivity index (χ4v) is 4.58. The number of carbonyl (C=O) groups is 4. The molecule has 0 atom stereocenters. The van der Waals surface area contributed by atoms with Crippen LogP contribution < -0.4 is 0 Å². The minimum atomic E-state index is -5.82. The third kappa shape index (κ3) is 10.1. The van der Waals surface area contributed by atoms with E-state index < -0.39 is 46.9 Å². The van der Waals surface area contributed by atoms with Gasteiger partial charge in [-0.1, -0.05) is 0 Å². The SMILES string of the molecule is CC(=O)O[O][Pb]([O]OC(C)=O)([O]OC(C)=O)[O]OC(C)=O. The van der Waals surface area contributed by atoms with E-state index in [9.17, 15) is 19.2 Å². The van der Waals surface area contributed by atoms with Gasteiger partial charge in [0.15, 0.2) is 0 Å². The number of hydrogen-bond donors (Lipinski definition) is 0. The fourth-order valence-electron chi connectivity index (χ4n) is 0.522. The molecule has 0 radical (unpaired) electrons. The van der Waals surface area contributed by atoms with Crippen molar-refractivity contribution in [3.63, 3.8) is 0 Å². The molecule has 13 heteroatoms. The zero-order valence-corrected chi connectivity index (χ0v) is 15.3. The molecule has 0 bridgehead atoms. The van der Waals surface area contributed by atoms with Gasteiger partial charge >= 0.3 is 125 Å². The van der Waals surface area contributed by atoms with Gasteiger partial charge in [0.1, 0.15) is 0 Å².